The number of ether oxygens (including phenoxy) is 1. The van der Waals surface area contributed by atoms with Gasteiger partial charge in [0.25, 0.3) is 5.91 Å². The number of hydrogen-bond acceptors (Lipinski definition) is 5. The normalized spacial score (nSPS) is 10.8. The molecule has 1 aromatic carbocycles. The summed E-state index contributed by atoms with van der Waals surface area (Å²) in [6, 6.07) is 7.34. The predicted molar refractivity (Wildman–Crippen MR) is 84.0 cm³/mol. The van der Waals surface area contributed by atoms with Crippen LogP contribution in [0.15, 0.2) is 30.5 Å². The van der Waals surface area contributed by atoms with E-state index in [9.17, 15) is 4.79 Å². The number of nitrogens with two attached hydrogens (primary N) is 1. The summed E-state index contributed by atoms with van der Waals surface area (Å²) in [7, 11) is 3.37. The number of hydrogen-bond donors (Lipinski definition) is 2. The summed E-state index contributed by atoms with van der Waals surface area (Å²) in [6.45, 7) is 0. The Morgan fingerprint density at radius 3 is 2.90 bits per heavy atom. The molecule has 1 amide bonds. The SMILES string of the molecule is COc1cccc2sc(C(=O)Nc3ccn(C)n3)c(N)c12. The smallest absolute Gasteiger partial charge is 0.269 e. The second kappa shape index (κ2) is 5.10. The van der Waals surface area contributed by atoms with Gasteiger partial charge in [0.15, 0.2) is 5.82 Å². The minimum Gasteiger partial charge on any atom is -0.496 e. The average molecular weight is 302 g/mol. The lowest BCUT2D eigenvalue weighted by molar-refractivity contribution is 0.103. The molecule has 3 N–H and O–H groups in total. The van der Waals surface area contributed by atoms with Crippen LogP contribution >= 0.6 is 11.3 Å². The standard InChI is InChI=1S/C14H14N4O2S/c1-18-7-6-10(17-18)16-14(19)13-12(15)11-8(20-2)4-3-5-9(11)21-13/h3-7H,15H2,1-2H3,(H,16,17,19). The minimum atomic E-state index is -0.269. The number of methoxy groups -OCH3 is 1. The largest absolute Gasteiger partial charge is 0.496 e. The number of amides is 1. The highest BCUT2D eigenvalue weighted by Crippen LogP contribution is 2.39. The molecule has 0 atom stereocenters. The molecule has 2 aromatic heterocycles. The summed E-state index contributed by atoms with van der Waals surface area (Å²) in [6.07, 6.45) is 1.76. The summed E-state index contributed by atoms with van der Waals surface area (Å²) < 4.78 is 7.84. The number of aromatic nitrogens is 2. The van der Waals surface area contributed by atoms with Gasteiger partial charge in [-0.05, 0) is 12.1 Å². The van der Waals surface area contributed by atoms with Crippen LogP contribution in [0.25, 0.3) is 10.1 Å². The van der Waals surface area contributed by atoms with Crippen LogP contribution in [-0.2, 0) is 7.05 Å². The number of nitrogen functional groups attached to an aromatic ring is 1. The topological polar surface area (TPSA) is 82.2 Å². The monoisotopic (exact) mass is 302 g/mol. The molecule has 0 aliphatic heterocycles. The van der Waals surface area contributed by atoms with Crippen molar-refractivity contribution >= 4 is 38.8 Å². The Balaban J connectivity index is 2.00. The van der Waals surface area contributed by atoms with E-state index >= 15 is 0 Å². The number of nitrogens with zero attached hydrogens (tertiary/aromatic N) is 2. The van der Waals surface area contributed by atoms with Gasteiger partial charge in [-0.2, -0.15) is 5.10 Å². The van der Waals surface area contributed by atoms with E-state index in [-0.39, 0.29) is 5.91 Å². The Kier molecular flexibility index (Phi) is 3.26. The van der Waals surface area contributed by atoms with Crippen molar-refractivity contribution in [2.24, 2.45) is 7.05 Å². The minimum absolute atomic E-state index is 0.269. The van der Waals surface area contributed by atoms with Crippen molar-refractivity contribution in [3.05, 3.63) is 35.3 Å². The molecule has 0 aliphatic rings. The molecule has 0 fully saturated rings. The van der Waals surface area contributed by atoms with Gasteiger partial charge in [-0.25, -0.2) is 0 Å². The lowest BCUT2D eigenvalue weighted by atomic mass is 10.2. The van der Waals surface area contributed by atoms with Crippen LogP contribution in [0.2, 0.25) is 0 Å². The molecular formula is C14H14N4O2S. The number of anilines is 2. The van der Waals surface area contributed by atoms with Crippen LogP contribution in [0.1, 0.15) is 9.67 Å². The molecule has 0 radical (unpaired) electrons. The first-order chi connectivity index (χ1) is 10.1. The fraction of sp³-hybridized carbons (Fsp3) is 0.143. The zero-order valence-electron chi connectivity index (χ0n) is 11.6. The van der Waals surface area contributed by atoms with Gasteiger partial charge in [0.05, 0.1) is 18.2 Å². The van der Waals surface area contributed by atoms with Crippen LogP contribution in [-0.4, -0.2) is 22.8 Å². The van der Waals surface area contributed by atoms with Gasteiger partial charge in [0.1, 0.15) is 10.6 Å². The molecule has 2 heterocycles. The third-order valence-electron chi connectivity index (χ3n) is 3.10. The fourth-order valence-corrected chi connectivity index (χ4v) is 3.17. The molecule has 7 heteroatoms. The Morgan fingerprint density at radius 1 is 1.43 bits per heavy atom. The van der Waals surface area contributed by atoms with Crippen LogP contribution in [0.3, 0.4) is 0 Å². The molecule has 0 saturated carbocycles. The summed E-state index contributed by atoms with van der Waals surface area (Å²) in [5, 5.41) is 7.63. The summed E-state index contributed by atoms with van der Waals surface area (Å²) in [5.74, 6) is 0.888. The molecule has 0 spiro atoms. The number of rotatable bonds is 3. The van der Waals surface area contributed by atoms with E-state index in [0.717, 1.165) is 10.1 Å². The van der Waals surface area contributed by atoms with Gasteiger partial charge in [-0.1, -0.05) is 6.07 Å². The third-order valence-corrected chi connectivity index (χ3v) is 4.26. The van der Waals surface area contributed by atoms with Gasteiger partial charge >= 0.3 is 0 Å². The van der Waals surface area contributed by atoms with Crippen molar-refractivity contribution in [2.45, 2.75) is 0 Å². The van der Waals surface area contributed by atoms with Gasteiger partial charge in [0, 0.05) is 24.0 Å². The van der Waals surface area contributed by atoms with E-state index in [1.165, 1.54) is 11.3 Å². The molecule has 6 nitrogen and oxygen atoms in total. The third kappa shape index (κ3) is 2.31. The maximum absolute atomic E-state index is 12.3. The molecule has 0 unspecified atom stereocenters. The lowest BCUT2D eigenvalue weighted by Gasteiger charge is -2.03. The van der Waals surface area contributed by atoms with Crippen molar-refractivity contribution in [3.8, 4) is 5.75 Å². The van der Waals surface area contributed by atoms with Crippen LogP contribution in [0.4, 0.5) is 11.5 Å². The van der Waals surface area contributed by atoms with E-state index < -0.39 is 0 Å². The number of benzene rings is 1. The molecule has 0 aliphatic carbocycles. The zero-order valence-corrected chi connectivity index (χ0v) is 12.4. The van der Waals surface area contributed by atoms with E-state index in [4.69, 9.17) is 10.5 Å². The highest BCUT2D eigenvalue weighted by atomic mass is 32.1. The molecule has 3 aromatic rings. The second-order valence-corrected chi connectivity index (χ2v) is 5.56. The van der Waals surface area contributed by atoms with Crippen molar-refractivity contribution in [3.63, 3.8) is 0 Å². The first-order valence-corrected chi connectivity index (χ1v) is 7.07. The first kappa shape index (κ1) is 13.4. The van der Waals surface area contributed by atoms with Crippen molar-refractivity contribution in [1.29, 1.82) is 0 Å². The summed E-state index contributed by atoms with van der Waals surface area (Å²) in [5.41, 5.74) is 6.55. The zero-order chi connectivity index (χ0) is 15.0. The summed E-state index contributed by atoms with van der Waals surface area (Å²) in [4.78, 5) is 12.8. The Morgan fingerprint density at radius 2 is 2.24 bits per heavy atom. The molecule has 21 heavy (non-hydrogen) atoms. The van der Waals surface area contributed by atoms with E-state index in [2.05, 4.69) is 10.4 Å². The second-order valence-electron chi connectivity index (χ2n) is 4.51. The Hall–Kier alpha value is -2.54. The molecular weight excluding hydrogens is 288 g/mol. The maximum atomic E-state index is 12.3. The number of nitrogens with one attached hydrogen (secondary N) is 1. The molecule has 108 valence electrons. The first-order valence-electron chi connectivity index (χ1n) is 6.26. The Labute approximate surface area is 125 Å². The van der Waals surface area contributed by atoms with Crippen molar-refractivity contribution in [1.82, 2.24) is 9.78 Å². The number of aryl methyl sites for hydroxylation is 1. The van der Waals surface area contributed by atoms with E-state index in [1.54, 1.807) is 31.1 Å². The number of fused-ring (bicyclic) bond motifs is 1. The number of carbonyl (C=O) groups excluding carboxylic acids is 1. The predicted octanol–water partition coefficient (Wildman–Crippen LogP) is 2.48. The lowest BCUT2D eigenvalue weighted by Crippen LogP contribution is -2.12. The molecule has 0 bridgehead atoms. The van der Waals surface area contributed by atoms with Crippen LogP contribution in [0.5, 0.6) is 5.75 Å². The Bertz CT molecular complexity index is 822. The fourth-order valence-electron chi connectivity index (χ4n) is 2.13. The van der Waals surface area contributed by atoms with Crippen LogP contribution in [0, 0.1) is 0 Å². The highest BCUT2D eigenvalue weighted by Gasteiger charge is 2.19. The maximum Gasteiger partial charge on any atom is 0.269 e. The van der Waals surface area contributed by atoms with Crippen molar-refractivity contribution in [2.75, 3.05) is 18.2 Å². The average Bonchev–Trinajstić information content (AvgIpc) is 3.03. The van der Waals surface area contributed by atoms with Gasteiger partial charge in [-0.15, -0.1) is 11.3 Å². The quantitative estimate of drug-likeness (QED) is 0.778. The number of thiophene rings is 1. The van der Waals surface area contributed by atoms with Crippen LogP contribution < -0.4 is 15.8 Å². The number of carbonyl (C=O) groups is 1. The molecule has 0 saturated heterocycles. The van der Waals surface area contributed by atoms with Crippen molar-refractivity contribution < 1.29 is 9.53 Å². The van der Waals surface area contributed by atoms with Gasteiger partial charge in [0.2, 0.25) is 0 Å². The van der Waals surface area contributed by atoms with E-state index in [0.29, 0.717) is 22.1 Å². The summed E-state index contributed by atoms with van der Waals surface area (Å²) >= 11 is 1.34. The van der Waals surface area contributed by atoms with Gasteiger partial charge < -0.3 is 15.8 Å². The molecule has 3 rings (SSSR count). The highest BCUT2D eigenvalue weighted by molar-refractivity contribution is 7.21. The van der Waals surface area contributed by atoms with E-state index in [1.807, 2.05) is 18.2 Å². The van der Waals surface area contributed by atoms with Gasteiger partial charge in [-0.3, -0.25) is 9.48 Å².